The van der Waals surface area contributed by atoms with Crippen molar-refractivity contribution in [1.29, 1.82) is 0 Å². The van der Waals surface area contributed by atoms with Gasteiger partial charge >= 0.3 is 0 Å². The summed E-state index contributed by atoms with van der Waals surface area (Å²) >= 11 is 12.2. The van der Waals surface area contributed by atoms with E-state index in [4.69, 9.17) is 23.8 Å². The number of aromatic nitrogens is 3. The molecule has 4 heterocycles. The average Bonchev–Trinajstić information content (AvgIpc) is 3.31. The first-order valence-electron chi connectivity index (χ1n) is 11.3. The Morgan fingerprint density at radius 2 is 1.88 bits per heavy atom. The number of benzene rings is 1. The summed E-state index contributed by atoms with van der Waals surface area (Å²) < 4.78 is 2.29. The van der Waals surface area contributed by atoms with Gasteiger partial charge in [0, 0.05) is 47.2 Å². The summed E-state index contributed by atoms with van der Waals surface area (Å²) in [4.78, 5) is 11.2. The van der Waals surface area contributed by atoms with E-state index in [-0.39, 0.29) is 12.1 Å². The zero-order valence-corrected chi connectivity index (χ0v) is 20.9. The maximum atomic E-state index is 6.38. The average molecular weight is 488 g/mol. The molecule has 0 spiro atoms. The molecule has 34 heavy (non-hydrogen) atoms. The van der Waals surface area contributed by atoms with Crippen molar-refractivity contribution in [2.24, 2.45) is 0 Å². The lowest BCUT2D eigenvalue weighted by Gasteiger charge is -2.28. The lowest BCUT2D eigenvalue weighted by molar-refractivity contribution is 0.310. The van der Waals surface area contributed by atoms with Crippen molar-refractivity contribution in [3.8, 4) is 5.69 Å². The van der Waals surface area contributed by atoms with E-state index in [1.165, 1.54) is 11.1 Å². The molecule has 3 aromatic heterocycles. The zero-order valence-electron chi connectivity index (χ0n) is 19.4. The summed E-state index contributed by atoms with van der Waals surface area (Å²) in [6.45, 7) is 7.08. The van der Waals surface area contributed by atoms with Crippen LogP contribution in [-0.2, 0) is 6.54 Å². The van der Waals surface area contributed by atoms with Crippen LogP contribution in [0.15, 0.2) is 73.2 Å². The minimum atomic E-state index is -0.0696. The Balaban J connectivity index is 1.64. The van der Waals surface area contributed by atoms with Gasteiger partial charge in [0.05, 0.1) is 17.8 Å². The highest BCUT2D eigenvalue weighted by atomic mass is 35.5. The van der Waals surface area contributed by atoms with Crippen LogP contribution in [0.25, 0.3) is 5.69 Å². The highest BCUT2D eigenvalue weighted by Crippen LogP contribution is 2.42. The molecule has 0 amide bonds. The Labute approximate surface area is 210 Å². The van der Waals surface area contributed by atoms with Gasteiger partial charge in [-0.2, -0.15) is 0 Å². The lowest BCUT2D eigenvalue weighted by atomic mass is 9.96. The van der Waals surface area contributed by atoms with Crippen molar-refractivity contribution in [3.05, 3.63) is 112 Å². The molecule has 2 atom stereocenters. The maximum Gasteiger partial charge on any atom is 0.170 e. The number of rotatable bonds is 5. The molecule has 0 bridgehead atoms. The quantitative estimate of drug-likeness (QED) is 0.349. The van der Waals surface area contributed by atoms with Gasteiger partial charge in [-0.3, -0.25) is 9.97 Å². The Morgan fingerprint density at radius 3 is 2.62 bits per heavy atom. The molecule has 172 valence electrons. The fourth-order valence-electron chi connectivity index (χ4n) is 4.88. The summed E-state index contributed by atoms with van der Waals surface area (Å²) in [6, 6.07) is 18.3. The van der Waals surface area contributed by atoms with Crippen LogP contribution in [0, 0.1) is 20.8 Å². The highest BCUT2D eigenvalue weighted by molar-refractivity contribution is 7.80. The minimum Gasteiger partial charge on any atom is -0.352 e. The number of aryl methyl sites for hydroxylation is 2. The van der Waals surface area contributed by atoms with Crippen molar-refractivity contribution < 1.29 is 0 Å². The van der Waals surface area contributed by atoms with Gasteiger partial charge in [-0.15, -0.1) is 0 Å². The van der Waals surface area contributed by atoms with Gasteiger partial charge in [-0.1, -0.05) is 29.8 Å². The van der Waals surface area contributed by atoms with Gasteiger partial charge in [-0.05, 0) is 86.1 Å². The Bertz CT molecular complexity index is 1340. The first-order valence-corrected chi connectivity index (χ1v) is 12.0. The molecule has 0 radical (unpaired) electrons. The fraction of sp³-hybridized carbons (Fsp3) is 0.222. The van der Waals surface area contributed by atoms with Gasteiger partial charge in [-0.25, -0.2) is 0 Å². The molecule has 5 rings (SSSR count). The molecule has 4 aromatic rings. The molecule has 5 nitrogen and oxygen atoms in total. The van der Waals surface area contributed by atoms with Crippen LogP contribution < -0.4 is 5.32 Å². The number of pyridine rings is 2. The van der Waals surface area contributed by atoms with Crippen LogP contribution in [0.3, 0.4) is 0 Å². The first kappa shape index (κ1) is 22.6. The normalized spacial score (nSPS) is 17.8. The molecule has 1 aliphatic rings. The monoisotopic (exact) mass is 487 g/mol. The predicted octanol–water partition coefficient (Wildman–Crippen LogP) is 6.02. The molecule has 0 unspecified atom stereocenters. The summed E-state index contributed by atoms with van der Waals surface area (Å²) in [5, 5.41) is 4.99. The number of hydrogen-bond acceptors (Lipinski definition) is 3. The third-order valence-electron chi connectivity index (χ3n) is 6.47. The summed E-state index contributed by atoms with van der Waals surface area (Å²) in [5.74, 6) is 0. The number of hydrogen-bond donors (Lipinski definition) is 1. The van der Waals surface area contributed by atoms with Crippen LogP contribution in [0.5, 0.6) is 0 Å². The SMILES string of the molecule is Cc1ccc(Cl)cc1-n1c(C)cc([C@H]2[C@H](c3ccccn3)NC(=S)N2Cc2cccnc2)c1C. The number of thiocarbonyl (C=S) groups is 1. The number of halogens is 1. The fourth-order valence-corrected chi connectivity index (χ4v) is 5.36. The summed E-state index contributed by atoms with van der Waals surface area (Å²) in [6.07, 6.45) is 5.52. The van der Waals surface area contributed by atoms with Crippen molar-refractivity contribution in [3.63, 3.8) is 0 Å². The Hall–Kier alpha value is -3.22. The van der Waals surface area contributed by atoms with Crippen LogP contribution in [0.4, 0.5) is 0 Å². The lowest BCUT2D eigenvalue weighted by Crippen LogP contribution is -2.29. The zero-order chi connectivity index (χ0) is 23.8. The van der Waals surface area contributed by atoms with E-state index in [9.17, 15) is 0 Å². The standard InChI is InChI=1S/C27H26ClN5S/c1-17-9-10-21(28)14-24(17)33-18(2)13-22(19(33)3)26-25(23-8-4-5-12-30-23)31-27(34)32(26)16-20-7-6-11-29-15-20/h4-15,25-26H,16H2,1-3H3,(H,31,34)/t25-,26-/m0/s1. The van der Waals surface area contributed by atoms with E-state index >= 15 is 0 Å². The van der Waals surface area contributed by atoms with Crippen LogP contribution in [-0.4, -0.2) is 24.5 Å². The van der Waals surface area contributed by atoms with Gasteiger partial charge < -0.3 is 14.8 Å². The molecular weight excluding hydrogens is 462 g/mol. The van der Waals surface area contributed by atoms with Crippen molar-refractivity contribution >= 4 is 28.9 Å². The molecule has 0 saturated carbocycles. The second kappa shape index (κ2) is 9.20. The molecule has 1 fully saturated rings. The van der Waals surface area contributed by atoms with Crippen molar-refractivity contribution in [2.45, 2.75) is 39.4 Å². The second-order valence-corrected chi connectivity index (χ2v) is 9.53. The molecule has 1 saturated heterocycles. The van der Waals surface area contributed by atoms with Gasteiger partial charge in [0.2, 0.25) is 0 Å². The smallest absolute Gasteiger partial charge is 0.170 e. The van der Waals surface area contributed by atoms with Gasteiger partial charge in [0.15, 0.2) is 5.11 Å². The topological polar surface area (TPSA) is 46.0 Å². The predicted molar refractivity (Wildman–Crippen MR) is 140 cm³/mol. The Morgan fingerprint density at radius 1 is 1.03 bits per heavy atom. The van der Waals surface area contributed by atoms with Crippen molar-refractivity contribution in [1.82, 2.24) is 24.8 Å². The second-order valence-electron chi connectivity index (χ2n) is 8.71. The molecule has 1 aliphatic heterocycles. The van der Waals surface area contributed by atoms with Crippen LogP contribution in [0.2, 0.25) is 5.02 Å². The van der Waals surface area contributed by atoms with Crippen molar-refractivity contribution in [2.75, 3.05) is 0 Å². The van der Waals surface area contributed by atoms with Gasteiger partial charge in [0.1, 0.15) is 0 Å². The number of nitrogens with zero attached hydrogens (tertiary/aromatic N) is 4. The Kier molecular flexibility index (Phi) is 6.11. The minimum absolute atomic E-state index is 0.0259. The van der Waals surface area contributed by atoms with E-state index in [0.29, 0.717) is 11.7 Å². The molecular formula is C27H26ClN5S. The van der Waals surface area contributed by atoms with Gasteiger partial charge in [0.25, 0.3) is 0 Å². The maximum absolute atomic E-state index is 6.38. The van der Waals surface area contributed by atoms with Crippen LogP contribution >= 0.6 is 23.8 Å². The molecule has 1 aromatic carbocycles. The summed E-state index contributed by atoms with van der Waals surface area (Å²) in [5.41, 5.74) is 7.86. The first-order chi connectivity index (χ1) is 16.4. The largest absolute Gasteiger partial charge is 0.352 e. The highest BCUT2D eigenvalue weighted by Gasteiger charge is 2.41. The molecule has 1 N–H and O–H groups in total. The third kappa shape index (κ3) is 4.08. The van der Waals surface area contributed by atoms with E-state index < -0.39 is 0 Å². The van der Waals surface area contributed by atoms with E-state index in [1.807, 2.05) is 42.7 Å². The van der Waals surface area contributed by atoms with E-state index in [0.717, 1.165) is 33.4 Å². The summed E-state index contributed by atoms with van der Waals surface area (Å²) in [7, 11) is 0. The number of nitrogens with one attached hydrogen (secondary N) is 1. The molecule has 0 aliphatic carbocycles. The third-order valence-corrected chi connectivity index (χ3v) is 7.06. The van der Waals surface area contributed by atoms with Crippen LogP contribution in [0.1, 0.15) is 45.9 Å². The molecule has 7 heteroatoms. The van der Waals surface area contributed by atoms with E-state index in [1.54, 1.807) is 6.20 Å². The van der Waals surface area contributed by atoms with E-state index in [2.05, 4.69) is 69.8 Å².